The second-order valence-corrected chi connectivity index (χ2v) is 6.88. The number of hydrogen-bond donors (Lipinski definition) is 2. The maximum Gasteiger partial charge on any atom is 0.242 e. The molecule has 9 heteroatoms. The molecule has 1 aromatic carbocycles. The summed E-state index contributed by atoms with van der Waals surface area (Å²) < 4.78 is 16.8. The van der Waals surface area contributed by atoms with Gasteiger partial charge in [-0.1, -0.05) is 18.2 Å². The lowest BCUT2D eigenvalue weighted by molar-refractivity contribution is -0.122. The first-order valence-corrected chi connectivity index (χ1v) is 9.17. The van der Waals surface area contributed by atoms with Gasteiger partial charge in [0.25, 0.3) is 0 Å². The van der Waals surface area contributed by atoms with Crippen molar-refractivity contribution in [3.8, 4) is 0 Å². The number of rotatable bonds is 7. The minimum atomic E-state index is -0.423. The van der Waals surface area contributed by atoms with Crippen molar-refractivity contribution in [2.24, 2.45) is 7.05 Å². The van der Waals surface area contributed by atoms with E-state index in [1.165, 1.54) is 16.9 Å². The molecule has 0 aliphatic heterocycles. The molecule has 0 aliphatic rings. The summed E-state index contributed by atoms with van der Waals surface area (Å²) >= 11 is 0. The van der Waals surface area contributed by atoms with Crippen LogP contribution in [-0.2, 0) is 29.6 Å². The van der Waals surface area contributed by atoms with E-state index in [1.54, 1.807) is 29.1 Å². The molecule has 0 saturated heterocycles. The summed E-state index contributed by atoms with van der Waals surface area (Å²) in [5.41, 5.74) is 2.56. The Morgan fingerprint density at radius 3 is 2.66 bits per heavy atom. The maximum atomic E-state index is 13.6. The molecule has 3 aromatic rings. The van der Waals surface area contributed by atoms with Crippen molar-refractivity contribution in [1.29, 1.82) is 0 Å². The van der Waals surface area contributed by atoms with Gasteiger partial charge in [0.2, 0.25) is 11.8 Å². The molecule has 3 rings (SSSR count). The Kier molecular flexibility index (Phi) is 6.06. The van der Waals surface area contributed by atoms with E-state index in [0.29, 0.717) is 11.3 Å². The van der Waals surface area contributed by atoms with Crippen LogP contribution < -0.4 is 10.6 Å². The Morgan fingerprint density at radius 2 is 1.97 bits per heavy atom. The van der Waals surface area contributed by atoms with E-state index in [2.05, 4.69) is 20.8 Å². The zero-order chi connectivity index (χ0) is 21.0. The molecule has 1 atom stereocenters. The average Bonchev–Trinajstić information content (AvgIpc) is 3.22. The maximum absolute atomic E-state index is 13.6. The largest absolute Gasteiger partial charge is 0.348 e. The second kappa shape index (κ2) is 8.68. The number of hydrogen-bond acceptors (Lipinski definition) is 4. The van der Waals surface area contributed by atoms with Gasteiger partial charge in [-0.15, -0.1) is 0 Å². The van der Waals surface area contributed by atoms with Crippen molar-refractivity contribution in [2.75, 3.05) is 5.32 Å². The Hall–Kier alpha value is -3.49. The minimum absolute atomic E-state index is 0.00678. The van der Waals surface area contributed by atoms with Crippen molar-refractivity contribution >= 4 is 17.5 Å². The lowest BCUT2D eigenvalue weighted by atomic mass is 10.1. The third kappa shape index (κ3) is 5.28. The predicted octanol–water partition coefficient (Wildman–Crippen LogP) is 2.12. The molecule has 8 nitrogen and oxygen atoms in total. The minimum Gasteiger partial charge on any atom is -0.348 e. The van der Waals surface area contributed by atoms with Crippen molar-refractivity contribution in [1.82, 2.24) is 24.9 Å². The number of benzene rings is 1. The molecular formula is C20H23FN6O2. The third-order valence-electron chi connectivity index (χ3n) is 4.43. The lowest BCUT2D eigenvalue weighted by Gasteiger charge is -2.13. The number of aryl methyl sites for hydroxylation is 2. The highest BCUT2D eigenvalue weighted by atomic mass is 19.1. The normalized spacial score (nSPS) is 11.9. The summed E-state index contributed by atoms with van der Waals surface area (Å²) in [6.45, 7) is 3.79. The summed E-state index contributed by atoms with van der Waals surface area (Å²) in [5.74, 6) is -0.999. The fourth-order valence-electron chi connectivity index (χ4n) is 3.09. The van der Waals surface area contributed by atoms with Gasteiger partial charge in [-0.05, 0) is 25.5 Å². The van der Waals surface area contributed by atoms with E-state index in [0.717, 1.165) is 11.3 Å². The van der Waals surface area contributed by atoms with Crippen LogP contribution in [0.15, 0.2) is 42.9 Å². The first-order valence-electron chi connectivity index (χ1n) is 9.17. The number of nitrogens with zero attached hydrogens (tertiary/aromatic N) is 4. The molecule has 0 fully saturated rings. The fraction of sp³-hybridized carbons (Fsp3) is 0.300. The van der Waals surface area contributed by atoms with Crippen LogP contribution in [0.25, 0.3) is 0 Å². The first kappa shape index (κ1) is 20.2. The third-order valence-corrected chi connectivity index (χ3v) is 4.43. The van der Waals surface area contributed by atoms with Gasteiger partial charge in [0.15, 0.2) is 0 Å². The number of aromatic nitrogens is 4. The van der Waals surface area contributed by atoms with Gasteiger partial charge in [-0.2, -0.15) is 10.2 Å². The molecule has 2 N–H and O–H groups in total. The number of carbonyl (C=O) groups excluding carboxylic acids is 2. The SMILES string of the molecule is Cc1nn(C)cc1[C@@H](C)NC(=O)Cn1cc(NC(=O)Cc2ccccc2F)cn1. The molecule has 0 bridgehead atoms. The van der Waals surface area contributed by atoms with Crippen LogP contribution in [0.4, 0.5) is 10.1 Å². The smallest absolute Gasteiger partial charge is 0.242 e. The van der Waals surface area contributed by atoms with Crippen LogP contribution in [0.1, 0.15) is 29.8 Å². The van der Waals surface area contributed by atoms with Crippen LogP contribution >= 0.6 is 0 Å². The zero-order valence-electron chi connectivity index (χ0n) is 16.5. The van der Waals surface area contributed by atoms with Crippen molar-refractivity contribution in [2.45, 2.75) is 32.9 Å². The number of amides is 2. The van der Waals surface area contributed by atoms with Crippen LogP contribution in [0.5, 0.6) is 0 Å². The van der Waals surface area contributed by atoms with E-state index in [4.69, 9.17) is 0 Å². The Morgan fingerprint density at radius 1 is 1.21 bits per heavy atom. The fourth-order valence-corrected chi connectivity index (χ4v) is 3.09. The summed E-state index contributed by atoms with van der Waals surface area (Å²) in [6.07, 6.45) is 4.79. The van der Waals surface area contributed by atoms with E-state index in [1.807, 2.05) is 27.1 Å². The van der Waals surface area contributed by atoms with Gasteiger partial charge in [0.1, 0.15) is 12.4 Å². The van der Waals surface area contributed by atoms with Gasteiger partial charge in [0, 0.05) is 25.0 Å². The van der Waals surface area contributed by atoms with Gasteiger partial charge in [-0.3, -0.25) is 19.0 Å². The molecule has 29 heavy (non-hydrogen) atoms. The van der Waals surface area contributed by atoms with Gasteiger partial charge < -0.3 is 10.6 Å². The molecule has 2 amide bonds. The van der Waals surface area contributed by atoms with Gasteiger partial charge in [0.05, 0.1) is 30.0 Å². The van der Waals surface area contributed by atoms with E-state index < -0.39 is 5.82 Å². The molecule has 0 radical (unpaired) electrons. The van der Waals surface area contributed by atoms with E-state index in [9.17, 15) is 14.0 Å². The highest BCUT2D eigenvalue weighted by Gasteiger charge is 2.15. The van der Waals surface area contributed by atoms with Gasteiger partial charge >= 0.3 is 0 Å². The summed E-state index contributed by atoms with van der Waals surface area (Å²) in [5, 5.41) is 13.9. The number of halogens is 1. The van der Waals surface area contributed by atoms with Crippen LogP contribution in [0, 0.1) is 12.7 Å². The van der Waals surface area contributed by atoms with Gasteiger partial charge in [-0.25, -0.2) is 4.39 Å². The zero-order valence-corrected chi connectivity index (χ0v) is 16.5. The molecular weight excluding hydrogens is 375 g/mol. The molecule has 0 aliphatic carbocycles. The highest BCUT2D eigenvalue weighted by Crippen LogP contribution is 2.15. The Labute approximate surface area is 167 Å². The van der Waals surface area contributed by atoms with Crippen molar-refractivity contribution < 1.29 is 14.0 Å². The molecule has 0 saturated carbocycles. The Balaban J connectivity index is 1.53. The Bertz CT molecular complexity index is 1030. The summed E-state index contributed by atoms with van der Waals surface area (Å²) in [4.78, 5) is 24.4. The van der Waals surface area contributed by atoms with Crippen LogP contribution in [0.2, 0.25) is 0 Å². The number of nitrogens with one attached hydrogen (secondary N) is 2. The van der Waals surface area contributed by atoms with Crippen molar-refractivity contribution in [3.05, 3.63) is 65.5 Å². The molecule has 152 valence electrons. The molecule has 2 aromatic heterocycles. The summed E-state index contributed by atoms with van der Waals surface area (Å²) in [7, 11) is 1.83. The highest BCUT2D eigenvalue weighted by molar-refractivity contribution is 5.92. The first-order chi connectivity index (χ1) is 13.8. The summed E-state index contributed by atoms with van der Waals surface area (Å²) in [6, 6.07) is 5.94. The second-order valence-electron chi connectivity index (χ2n) is 6.88. The monoisotopic (exact) mass is 398 g/mol. The molecule has 0 spiro atoms. The molecule has 2 heterocycles. The van der Waals surface area contributed by atoms with E-state index in [-0.39, 0.29) is 30.8 Å². The quantitative estimate of drug-likeness (QED) is 0.638. The van der Waals surface area contributed by atoms with Crippen LogP contribution in [0.3, 0.4) is 0 Å². The standard InChI is InChI=1S/C20H23FN6O2/c1-13(17-11-26(3)25-14(17)2)23-20(29)12-27-10-16(9-22-27)24-19(28)8-15-6-4-5-7-18(15)21/h4-7,9-11,13H,8,12H2,1-3H3,(H,23,29)(H,24,28)/t13-/m1/s1. The topological polar surface area (TPSA) is 93.8 Å². The molecule has 0 unspecified atom stereocenters. The predicted molar refractivity (Wildman–Crippen MR) is 105 cm³/mol. The van der Waals surface area contributed by atoms with E-state index >= 15 is 0 Å². The number of anilines is 1. The number of carbonyl (C=O) groups is 2. The lowest BCUT2D eigenvalue weighted by Crippen LogP contribution is -2.30. The van der Waals surface area contributed by atoms with Crippen molar-refractivity contribution in [3.63, 3.8) is 0 Å². The van der Waals surface area contributed by atoms with Crippen LogP contribution in [-0.4, -0.2) is 31.4 Å². The average molecular weight is 398 g/mol.